The molecule has 29 heavy (non-hydrogen) atoms. The van der Waals surface area contributed by atoms with Crippen LogP contribution in [-0.2, 0) is 22.4 Å². The number of nitrogens with one attached hydrogen (secondary N) is 1. The van der Waals surface area contributed by atoms with Crippen molar-refractivity contribution < 1.29 is 18.7 Å². The monoisotopic (exact) mass is 394 g/mol. The molecule has 0 aromatic heterocycles. The van der Waals surface area contributed by atoms with Crippen LogP contribution in [0.1, 0.15) is 27.0 Å². The van der Waals surface area contributed by atoms with Gasteiger partial charge in [-0.1, -0.05) is 18.2 Å². The highest BCUT2D eigenvalue weighted by molar-refractivity contribution is 5.94. The number of carbonyl (C=O) groups is 2. The van der Waals surface area contributed by atoms with Crippen molar-refractivity contribution in [3.8, 4) is 0 Å². The summed E-state index contributed by atoms with van der Waals surface area (Å²) in [7, 11) is 0. The highest BCUT2D eigenvalue weighted by Crippen LogP contribution is 2.27. The Morgan fingerprint density at radius 3 is 2.59 bits per heavy atom. The van der Waals surface area contributed by atoms with Crippen molar-refractivity contribution in [3.05, 3.63) is 76.6 Å². The summed E-state index contributed by atoms with van der Waals surface area (Å²) in [5, 5.41) is 3.03. The number of hydrogen-bond donors (Lipinski definition) is 1. The first-order valence-electron chi connectivity index (χ1n) is 9.82. The minimum atomic E-state index is -0.363. The summed E-state index contributed by atoms with van der Waals surface area (Å²) >= 11 is 0. The molecule has 0 bridgehead atoms. The van der Waals surface area contributed by atoms with E-state index in [-0.39, 0.29) is 23.7 Å². The Kier molecular flexibility index (Phi) is 5.71. The average Bonchev–Trinajstić information content (AvgIpc) is 3.16. The normalized spacial score (nSPS) is 18.7. The summed E-state index contributed by atoms with van der Waals surface area (Å²) in [4.78, 5) is 26.6. The third-order valence-electron chi connectivity index (χ3n) is 5.40. The fourth-order valence-corrected chi connectivity index (χ4v) is 3.86. The number of morpholine rings is 1. The van der Waals surface area contributed by atoms with Crippen LogP contribution in [0, 0.1) is 5.82 Å². The molecule has 1 N–H and O–H groups in total. The zero-order valence-electron chi connectivity index (χ0n) is 16.1. The lowest BCUT2D eigenvalue weighted by Crippen LogP contribution is -2.39. The molecule has 150 valence electrons. The molecule has 2 aromatic carbocycles. The van der Waals surface area contributed by atoms with Crippen LogP contribution < -0.4 is 5.32 Å². The summed E-state index contributed by atoms with van der Waals surface area (Å²) in [6.07, 6.45) is 4.92. The predicted octanol–water partition coefficient (Wildman–Crippen LogP) is 2.59. The molecule has 1 aliphatic heterocycles. The van der Waals surface area contributed by atoms with Gasteiger partial charge in [0, 0.05) is 30.8 Å². The van der Waals surface area contributed by atoms with Gasteiger partial charge in [0.15, 0.2) is 0 Å². The fraction of sp³-hybridized carbons (Fsp3) is 0.304. The largest absolute Gasteiger partial charge is 0.378 e. The number of amides is 2. The smallest absolute Gasteiger partial charge is 0.251 e. The quantitative estimate of drug-likeness (QED) is 0.811. The standard InChI is InChI=1S/C23H23FN2O3/c24-19-7-4-17(5-8-19)23(28)25-20-14-18-3-1-2-16(21(18)15-20)6-9-22(27)26-10-12-29-13-11-26/h1-9,20H,10-15H2,(H,25,28). The van der Waals surface area contributed by atoms with Crippen molar-refractivity contribution >= 4 is 17.9 Å². The summed E-state index contributed by atoms with van der Waals surface area (Å²) in [5.41, 5.74) is 3.78. The topological polar surface area (TPSA) is 58.6 Å². The van der Waals surface area contributed by atoms with Gasteiger partial charge in [0.1, 0.15) is 5.82 Å². The highest BCUT2D eigenvalue weighted by atomic mass is 19.1. The van der Waals surface area contributed by atoms with Crippen molar-refractivity contribution in [3.63, 3.8) is 0 Å². The molecule has 2 aromatic rings. The van der Waals surface area contributed by atoms with Crippen LogP contribution in [0.25, 0.3) is 6.08 Å². The van der Waals surface area contributed by atoms with E-state index in [4.69, 9.17) is 4.74 Å². The second kappa shape index (κ2) is 8.57. The molecular weight excluding hydrogens is 371 g/mol. The second-order valence-electron chi connectivity index (χ2n) is 7.34. The third kappa shape index (κ3) is 4.54. The SMILES string of the molecule is O=C(NC1Cc2cccc(C=CC(=O)N3CCOCC3)c2C1)c1ccc(F)cc1. The third-order valence-corrected chi connectivity index (χ3v) is 5.40. The molecule has 0 saturated carbocycles. The Morgan fingerprint density at radius 1 is 1.07 bits per heavy atom. The highest BCUT2D eigenvalue weighted by Gasteiger charge is 2.25. The first kappa shape index (κ1) is 19.3. The summed E-state index contributed by atoms with van der Waals surface area (Å²) in [5.74, 6) is -0.578. The van der Waals surface area contributed by atoms with Gasteiger partial charge in [-0.05, 0) is 59.9 Å². The Morgan fingerprint density at radius 2 is 1.83 bits per heavy atom. The molecule has 1 aliphatic carbocycles. The van der Waals surface area contributed by atoms with Crippen LogP contribution in [0.3, 0.4) is 0 Å². The molecule has 2 amide bonds. The minimum absolute atomic E-state index is 0.00920. The van der Waals surface area contributed by atoms with Crippen molar-refractivity contribution in [2.75, 3.05) is 26.3 Å². The average molecular weight is 394 g/mol. The van der Waals surface area contributed by atoms with E-state index in [1.807, 2.05) is 18.2 Å². The molecule has 1 atom stereocenters. The van der Waals surface area contributed by atoms with Crippen LogP contribution in [-0.4, -0.2) is 49.1 Å². The molecule has 1 unspecified atom stereocenters. The Bertz CT molecular complexity index is 934. The molecule has 0 spiro atoms. The van der Waals surface area contributed by atoms with E-state index in [1.54, 1.807) is 11.0 Å². The number of fused-ring (bicyclic) bond motifs is 1. The maximum Gasteiger partial charge on any atom is 0.251 e. The Hall–Kier alpha value is -2.99. The molecular formula is C23H23FN2O3. The van der Waals surface area contributed by atoms with Gasteiger partial charge in [-0.15, -0.1) is 0 Å². The number of halogens is 1. The number of carbonyl (C=O) groups excluding carboxylic acids is 2. The van der Waals surface area contributed by atoms with Gasteiger partial charge in [0.2, 0.25) is 5.91 Å². The van der Waals surface area contributed by atoms with Gasteiger partial charge in [0.25, 0.3) is 5.91 Å². The van der Waals surface area contributed by atoms with E-state index in [2.05, 4.69) is 11.4 Å². The van der Waals surface area contributed by atoms with Crippen molar-refractivity contribution in [1.29, 1.82) is 0 Å². The van der Waals surface area contributed by atoms with Gasteiger partial charge in [-0.3, -0.25) is 9.59 Å². The summed E-state index contributed by atoms with van der Waals surface area (Å²) < 4.78 is 18.3. The molecule has 5 nitrogen and oxygen atoms in total. The summed E-state index contributed by atoms with van der Waals surface area (Å²) in [6, 6.07) is 11.5. The number of nitrogens with zero attached hydrogens (tertiary/aromatic N) is 1. The van der Waals surface area contributed by atoms with Crippen molar-refractivity contribution in [2.24, 2.45) is 0 Å². The lowest BCUT2D eigenvalue weighted by Gasteiger charge is -2.25. The van der Waals surface area contributed by atoms with E-state index in [1.165, 1.54) is 29.8 Å². The van der Waals surface area contributed by atoms with Gasteiger partial charge in [-0.2, -0.15) is 0 Å². The van der Waals surface area contributed by atoms with Crippen LogP contribution in [0.2, 0.25) is 0 Å². The molecule has 4 rings (SSSR count). The molecule has 2 aliphatic rings. The number of ether oxygens (including phenoxy) is 1. The number of rotatable bonds is 4. The zero-order valence-corrected chi connectivity index (χ0v) is 16.1. The van der Waals surface area contributed by atoms with Crippen LogP contribution in [0.15, 0.2) is 48.5 Å². The zero-order chi connectivity index (χ0) is 20.2. The maximum atomic E-state index is 13.1. The lowest BCUT2D eigenvalue weighted by atomic mass is 10.0. The molecule has 1 heterocycles. The molecule has 1 fully saturated rings. The van der Waals surface area contributed by atoms with E-state index >= 15 is 0 Å². The first-order valence-corrected chi connectivity index (χ1v) is 9.82. The maximum absolute atomic E-state index is 13.1. The molecule has 6 heteroatoms. The second-order valence-corrected chi connectivity index (χ2v) is 7.34. The van der Waals surface area contributed by atoms with Crippen LogP contribution in [0.4, 0.5) is 4.39 Å². The van der Waals surface area contributed by atoms with Gasteiger partial charge in [-0.25, -0.2) is 4.39 Å². The van der Waals surface area contributed by atoms with E-state index in [0.717, 1.165) is 17.5 Å². The number of hydrogen-bond acceptors (Lipinski definition) is 3. The fourth-order valence-electron chi connectivity index (χ4n) is 3.86. The van der Waals surface area contributed by atoms with E-state index in [9.17, 15) is 14.0 Å². The Balaban J connectivity index is 1.42. The Labute approximate surface area is 169 Å². The lowest BCUT2D eigenvalue weighted by molar-refractivity contribution is -0.129. The van der Waals surface area contributed by atoms with Crippen molar-refractivity contribution in [2.45, 2.75) is 18.9 Å². The van der Waals surface area contributed by atoms with Crippen LogP contribution in [0.5, 0.6) is 0 Å². The van der Waals surface area contributed by atoms with Gasteiger partial charge >= 0.3 is 0 Å². The molecule has 0 radical (unpaired) electrons. The number of benzene rings is 2. The van der Waals surface area contributed by atoms with E-state index < -0.39 is 0 Å². The first-order chi connectivity index (χ1) is 14.1. The van der Waals surface area contributed by atoms with Crippen molar-refractivity contribution in [1.82, 2.24) is 10.2 Å². The van der Waals surface area contributed by atoms with Gasteiger partial charge in [0.05, 0.1) is 13.2 Å². The molecule has 1 saturated heterocycles. The van der Waals surface area contributed by atoms with Crippen LogP contribution >= 0.6 is 0 Å². The summed E-state index contributed by atoms with van der Waals surface area (Å²) in [6.45, 7) is 2.40. The minimum Gasteiger partial charge on any atom is -0.378 e. The van der Waals surface area contributed by atoms with E-state index in [0.29, 0.717) is 38.3 Å². The van der Waals surface area contributed by atoms with Gasteiger partial charge < -0.3 is 15.0 Å². The predicted molar refractivity (Wildman–Crippen MR) is 108 cm³/mol.